The molecule has 2 aromatic heterocycles. The first-order valence-electron chi connectivity index (χ1n) is 22.0. The molecule has 0 N–H and O–H groups in total. The fourth-order valence-electron chi connectivity index (χ4n) is 11.8. The molecule has 1 atom stereocenters. The minimum atomic E-state index is -0.665. The van der Waals surface area contributed by atoms with Crippen LogP contribution in [0.25, 0.3) is 44.8 Å². The second kappa shape index (κ2) is 13.4. The van der Waals surface area contributed by atoms with Gasteiger partial charge in [-0.15, -0.1) is 0 Å². The van der Waals surface area contributed by atoms with Crippen molar-refractivity contribution in [3.05, 3.63) is 269 Å². The van der Waals surface area contributed by atoms with Crippen molar-refractivity contribution in [1.82, 2.24) is 9.97 Å². The quantitative estimate of drug-likeness (QED) is 0.177. The second-order valence-corrected chi connectivity index (χ2v) is 18.3. The molecule has 64 heavy (non-hydrogen) atoms. The molecule has 3 nitrogen and oxygen atoms in total. The number of pyridine rings is 2. The molecule has 3 heterocycles. The fourth-order valence-corrected chi connectivity index (χ4v) is 13.0. The highest BCUT2D eigenvalue weighted by atomic mass is 32.2. The van der Waals surface area contributed by atoms with E-state index in [0.717, 1.165) is 39.6 Å². The van der Waals surface area contributed by atoms with Crippen molar-refractivity contribution in [2.24, 2.45) is 0 Å². The van der Waals surface area contributed by atoms with Gasteiger partial charge in [0.05, 0.1) is 22.2 Å². The maximum Gasteiger partial charge on any atom is 0.0937 e. The Bertz CT molecular complexity index is 3480. The van der Waals surface area contributed by atoms with Gasteiger partial charge in [0.2, 0.25) is 0 Å². The van der Waals surface area contributed by atoms with Crippen molar-refractivity contribution < 1.29 is 0 Å². The predicted molar refractivity (Wildman–Crippen MR) is 260 cm³/mol. The zero-order valence-corrected chi connectivity index (χ0v) is 35.4. The van der Waals surface area contributed by atoms with E-state index in [1.807, 2.05) is 24.2 Å². The Hall–Kier alpha value is -7.79. The Morgan fingerprint density at radius 2 is 0.875 bits per heavy atom. The zero-order valence-electron chi connectivity index (χ0n) is 34.6. The summed E-state index contributed by atoms with van der Waals surface area (Å²) in [5, 5.41) is 0. The summed E-state index contributed by atoms with van der Waals surface area (Å²) in [6.45, 7) is 0. The van der Waals surface area contributed by atoms with E-state index in [1.54, 1.807) is 0 Å². The largest absolute Gasteiger partial charge is 0.310 e. The number of nitrogens with zero attached hydrogens (tertiary/aromatic N) is 3. The third-order valence-electron chi connectivity index (χ3n) is 14.2. The lowest BCUT2D eigenvalue weighted by Gasteiger charge is -2.40. The van der Waals surface area contributed by atoms with Crippen LogP contribution in [0.2, 0.25) is 0 Å². The standard InChI is InChI=1S/C60H37N3S/c1-3-18-40(19-4-1)63(41-20-5-2-6-21-41)42-22-15-17-38(33-42)39-34-54-58(62-37-39)57-51(30-16-32-61-57)60(54)50-29-13-14-31-55(50)64-56-36-52-46(35-53(56)60)45-25-9-12-28-49(45)59(52)47-26-10-7-23-43(47)44-24-8-11-27-48(44)59/h1-37H. The molecule has 0 amide bonds. The summed E-state index contributed by atoms with van der Waals surface area (Å²) in [6.07, 6.45) is 3.97. The van der Waals surface area contributed by atoms with Gasteiger partial charge in [0, 0.05) is 50.4 Å². The molecule has 4 heteroatoms. The molecule has 2 spiro atoms. The summed E-state index contributed by atoms with van der Waals surface area (Å²) in [5.41, 5.74) is 21.8. The molecule has 14 rings (SSSR count). The molecule has 10 aromatic rings. The first kappa shape index (κ1) is 35.8. The topological polar surface area (TPSA) is 29.0 Å². The van der Waals surface area contributed by atoms with Gasteiger partial charge in [-0.1, -0.05) is 157 Å². The molecule has 4 aliphatic rings. The average Bonchev–Trinajstić information content (AvgIpc) is 3.94. The number of anilines is 3. The van der Waals surface area contributed by atoms with E-state index in [-0.39, 0.29) is 0 Å². The van der Waals surface area contributed by atoms with Crippen LogP contribution in [0.4, 0.5) is 17.1 Å². The number of fused-ring (bicyclic) bond motifs is 19. The van der Waals surface area contributed by atoms with Crippen LogP contribution in [0.3, 0.4) is 0 Å². The molecule has 1 aliphatic heterocycles. The van der Waals surface area contributed by atoms with Crippen molar-refractivity contribution in [3.8, 4) is 44.8 Å². The second-order valence-electron chi connectivity index (χ2n) is 17.2. The monoisotopic (exact) mass is 831 g/mol. The van der Waals surface area contributed by atoms with Gasteiger partial charge in [0.1, 0.15) is 0 Å². The van der Waals surface area contributed by atoms with Crippen molar-refractivity contribution >= 4 is 28.8 Å². The summed E-state index contributed by atoms with van der Waals surface area (Å²) in [6, 6.07) is 78.3. The summed E-state index contributed by atoms with van der Waals surface area (Å²) < 4.78 is 0. The highest BCUT2D eigenvalue weighted by molar-refractivity contribution is 7.99. The molecule has 3 aliphatic carbocycles. The SMILES string of the molecule is c1ccc(N(c2ccccc2)c2cccc(-c3cnc4c(c3)C3(c5ccccc5Sc5cc6c(cc53)-c3ccccc3C63c5ccccc5-c5ccccc53)c3cccnc3-4)c2)cc1. The Labute approximate surface area is 376 Å². The molecule has 1 unspecified atom stereocenters. The van der Waals surface area contributed by atoms with Crippen LogP contribution in [0, 0.1) is 0 Å². The lowest BCUT2D eigenvalue weighted by atomic mass is 9.66. The maximum atomic E-state index is 5.40. The van der Waals surface area contributed by atoms with E-state index in [0.29, 0.717) is 0 Å². The highest BCUT2D eigenvalue weighted by Crippen LogP contribution is 2.67. The van der Waals surface area contributed by atoms with Gasteiger partial charge >= 0.3 is 0 Å². The van der Waals surface area contributed by atoms with Crippen LogP contribution in [-0.4, -0.2) is 9.97 Å². The first-order chi connectivity index (χ1) is 31.7. The first-order valence-corrected chi connectivity index (χ1v) is 22.8. The number of hydrogen-bond acceptors (Lipinski definition) is 4. The predicted octanol–water partition coefficient (Wildman–Crippen LogP) is 14.8. The molecule has 0 fully saturated rings. The summed E-state index contributed by atoms with van der Waals surface area (Å²) in [7, 11) is 0. The van der Waals surface area contributed by atoms with Crippen molar-refractivity contribution in [1.29, 1.82) is 0 Å². The van der Waals surface area contributed by atoms with Crippen molar-refractivity contribution in [3.63, 3.8) is 0 Å². The number of hydrogen-bond donors (Lipinski definition) is 0. The molecule has 0 radical (unpaired) electrons. The molecule has 0 bridgehead atoms. The average molecular weight is 832 g/mol. The van der Waals surface area contributed by atoms with Gasteiger partial charge in [-0.3, -0.25) is 9.97 Å². The van der Waals surface area contributed by atoms with Gasteiger partial charge in [-0.25, -0.2) is 0 Å². The Kier molecular flexibility index (Phi) is 7.47. The minimum absolute atomic E-state index is 0.432. The van der Waals surface area contributed by atoms with Crippen LogP contribution in [0.15, 0.2) is 235 Å². The summed E-state index contributed by atoms with van der Waals surface area (Å²) in [4.78, 5) is 15.4. The highest BCUT2D eigenvalue weighted by Gasteiger charge is 2.55. The van der Waals surface area contributed by atoms with E-state index in [9.17, 15) is 0 Å². The van der Waals surface area contributed by atoms with Crippen LogP contribution < -0.4 is 4.90 Å². The van der Waals surface area contributed by atoms with E-state index in [1.165, 1.54) is 76.6 Å². The number of benzene rings is 8. The molecular weight excluding hydrogens is 795 g/mol. The smallest absolute Gasteiger partial charge is 0.0937 e. The van der Waals surface area contributed by atoms with Crippen LogP contribution in [-0.2, 0) is 10.8 Å². The van der Waals surface area contributed by atoms with Crippen LogP contribution in [0.1, 0.15) is 44.5 Å². The molecule has 0 saturated heterocycles. The Morgan fingerprint density at radius 3 is 1.56 bits per heavy atom. The summed E-state index contributed by atoms with van der Waals surface area (Å²) in [5.74, 6) is 0. The van der Waals surface area contributed by atoms with Crippen molar-refractivity contribution in [2.45, 2.75) is 20.6 Å². The lowest BCUT2D eigenvalue weighted by molar-refractivity contribution is 0.715. The van der Waals surface area contributed by atoms with Gasteiger partial charge in [-0.05, 0) is 133 Å². The Balaban J connectivity index is 1.02. The van der Waals surface area contributed by atoms with E-state index >= 15 is 0 Å². The molecule has 298 valence electrons. The van der Waals surface area contributed by atoms with Gasteiger partial charge in [0.15, 0.2) is 0 Å². The van der Waals surface area contributed by atoms with E-state index < -0.39 is 10.8 Å². The molecule has 8 aromatic carbocycles. The Morgan fingerprint density at radius 1 is 0.328 bits per heavy atom. The normalized spacial score (nSPS) is 15.9. The number of aromatic nitrogens is 2. The van der Waals surface area contributed by atoms with Gasteiger partial charge in [0.25, 0.3) is 0 Å². The fraction of sp³-hybridized carbons (Fsp3) is 0.0333. The number of rotatable bonds is 4. The maximum absolute atomic E-state index is 5.40. The van der Waals surface area contributed by atoms with E-state index in [4.69, 9.17) is 9.97 Å². The summed E-state index contributed by atoms with van der Waals surface area (Å²) >= 11 is 1.90. The van der Waals surface area contributed by atoms with Crippen LogP contribution >= 0.6 is 11.8 Å². The molecule has 0 saturated carbocycles. The molecular formula is C60H37N3S. The lowest BCUT2D eigenvalue weighted by Crippen LogP contribution is -2.33. The minimum Gasteiger partial charge on any atom is -0.310 e. The third-order valence-corrected chi connectivity index (χ3v) is 15.3. The van der Waals surface area contributed by atoms with Gasteiger partial charge < -0.3 is 4.90 Å². The van der Waals surface area contributed by atoms with Crippen LogP contribution in [0.5, 0.6) is 0 Å². The van der Waals surface area contributed by atoms with Gasteiger partial charge in [-0.2, -0.15) is 0 Å². The third kappa shape index (κ3) is 4.62. The van der Waals surface area contributed by atoms with E-state index in [2.05, 4.69) is 217 Å². The number of para-hydroxylation sites is 2. The zero-order chi connectivity index (χ0) is 42.0. The van der Waals surface area contributed by atoms with Crippen molar-refractivity contribution in [2.75, 3.05) is 4.90 Å².